The first kappa shape index (κ1) is 14.3. The molecule has 0 aromatic heterocycles. The van der Waals surface area contributed by atoms with Gasteiger partial charge in [-0.2, -0.15) is 0 Å². The van der Waals surface area contributed by atoms with Crippen LogP contribution in [0, 0.1) is 0 Å². The van der Waals surface area contributed by atoms with Crippen LogP contribution < -0.4 is 5.32 Å². The third kappa shape index (κ3) is 4.96. The highest BCUT2D eigenvalue weighted by Crippen LogP contribution is 2.25. The third-order valence-electron chi connectivity index (χ3n) is 2.31. The SMILES string of the molecule is CN(C)C(=O)CCCNc1cc(Br)ccc1Cl. The van der Waals surface area contributed by atoms with Crippen molar-refractivity contribution in [2.45, 2.75) is 12.8 Å². The largest absolute Gasteiger partial charge is 0.384 e. The Morgan fingerprint density at radius 3 is 2.82 bits per heavy atom. The second-order valence-electron chi connectivity index (χ2n) is 3.94. The molecule has 0 spiro atoms. The van der Waals surface area contributed by atoms with Gasteiger partial charge in [0.05, 0.1) is 10.7 Å². The molecule has 0 aliphatic carbocycles. The third-order valence-corrected chi connectivity index (χ3v) is 3.13. The number of nitrogens with one attached hydrogen (secondary N) is 1. The Balaban J connectivity index is 2.36. The van der Waals surface area contributed by atoms with Crippen LogP contribution in [0.25, 0.3) is 0 Å². The summed E-state index contributed by atoms with van der Waals surface area (Å²) in [6, 6.07) is 5.65. The minimum atomic E-state index is 0.145. The molecule has 1 rings (SSSR count). The fourth-order valence-corrected chi connectivity index (χ4v) is 1.86. The average Bonchev–Trinajstić information content (AvgIpc) is 2.28. The summed E-state index contributed by atoms with van der Waals surface area (Å²) >= 11 is 9.42. The van der Waals surface area contributed by atoms with Gasteiger partial charge in [0.2, 0.25) is 5.91 Å². The predicted molar refractivity (Wildman–Crippen MR) is 75.6 cm³/mol. The molecule has 3 nitrogen and oxygen atoms in total. The van der Waals surface area contributed by atoms with Crippen molar-refractivity contribution in [2.75, 3.05) is 26.0 Å². The number of carbonyl (C=O) groups excluding carboxylic acids is 1. The Morgan fingerprint density at radius 2 is 2.18 bits per heavy atom. The van der Waals surface area contributed by atoms with Crippen LogP contribution in [0.5, 0.6) is 0 Å². The molecule has 1 aromatic carbocycles. The molecule has 0 aliphatic rings. The lowest BCUT2D eigenvalue weighted by atomic mass is 10.2. The van der Waals surface area contributed by atoms with E-state index in [0.29, 0.717) is 11.4 Å². The van der Waals surface area contributed by atoms with E-state index in [4.69, 9.17) is 11.6 Å². The van der Waals surface area contributed by atoms with Crippen molar-refractivity contribution in [2.24, 2.45) is 0 Å². The summed E-state index contributed by atoms with van der Waals surface area (Å²) in [6.07, 6.45) is 1.34. The fourth-order valence-electron chi connectivity index (χ4n) is 1.32. The maximum atomic E-state index is 11.3. The zero-order valence-corrected chi connectivity index (χ0v) is 12.3. The van der Waals surface area contributed by atoms with Crippen molar-refractivity contribution in [1.29, 1.82) is 0 Å². The van der Waals surface area contributed by atoms with Gasteiger partial charge < -0.3 is 10.2 Å². The molecule has 0 unspecified atom stereocenters. The molecule has 0 heterocycles. The minimum Gasteiger partial charge on any atom is -0.384 e. The van der Waals surface area contributed by atoms with Crippen LogP contribution in [0.15, 0.2) is 22.7 Å². The van der Waals surface area contributed by atoms with Gasteiger partial charge in [-0.05, 0) is 24.6 Å². The summed E-state index contributed by atoms with van der Waals surface area (Å²) in [6.45, 7) is 0.732. The van der Waals surface area contributed by atoms with Gasteiger partial charge in [0.1, 0.15) is 0 Å². The molecule has 1 aromatic rings. The number of hydrogen-bond donors (Lipinski definition) is 1. The highest BCUT2D eigenvalue weighted by Gasteiger charge is 2.04. The van der Waals surface area contributed by atoms with Crippen LogP contribution in [0.1, 0.15) is 12.8 Å². The highest BCUT2D eigenvalue weighted by molar-refractivity contribution is 9.10. The Bertz CT molecular complexity index is 396. The predicted octanol–water partition coefficient (Wildman–Crippen LogP) is 3.38. The van der Waals surface area contributed by atoms with Gasteiger partial charge in [0.15, 0.2) is 0 Å². The van der Waals surface area contributed by atoms with Crippen molar-refractivity contribution < 1.29 is 4.79 Å². The molecule has 5 heteroatoms. The zero-order chi connectivity index (χ0) is 12.8. The molecule has 0 fully saturated rings. The number of anilines is 1. The normalized spacial score (nSPS) is 10.1. The molecule has 0 atom stereocenters. The van der Waals surface area contributed by atoms with Crippen LogP contribution in [0.4, 0.5) is 5.69 Å². The standard InChI is InChI=1S/C12H16BrClN2O/c1-16(2)12(17)4-3-7-15-11-8-9(13)5-6-10(11)14/h5-6,8,15H,3-4,7H2,1-2H3. The summed E-state index contributed by atoms with van der Waals surface area (Å²) in [5.74, 6) is 0.145. The molecule has 1 amide bonds. The first-order chi connectivity index (χ1) is 8.00. The first-order valence-corrected chi connectivity index (χ1v) is 6.57. The number of carbonyl (C=O) groups is 1. The lowest BCUT2D eigenvalue weighted by Gasteiger charge is -2.11. The van der Waals surface area contributed by atoms with Crippen LogP contribution in [-0.2, 0) is 4.79 Å². The molecule has 0 radical (unpaired) electrons. The van der Waals surface area contributed by atoms with Crippen molar-refractivity contribution in [1.82, 2.24) is 4.90 Å². The van der Waals surface area contributed by atoms with Crippen molar-refractivity contribution in [3.8, 4) is 0 Å². The molecule has 0 bridgehead atoms. The number of rotatable bonds is 5. The number of benzene rings is 1. The van der Waals surface area contributed by atoms with E-state index in [0.717, 1.165) is 23.1 Å². The van der Waals surface area contributed by atoms with Crippen LogP contribution >= 0.6 is 27.5 Å². The Labute approximate surface area is 115 Å². The Kier molecular flexibility index (Phi) is 5.78. The Hall–Kier alpha value is -0.740. The lowest BCUT2D eigenvalue weighted by Crippen LogP contribution is -2.22. The van der Waals surface area contributed by atoms with Gasteiger partial charge in [0.25, 0.3) is 0 Å². The van der Waals surface area contributed by atoms with Crippen molar-refractivity contribution >= 4 is 39.1 Å². The number of amides is 1. The number of hydrogen-bond acceptors (Lipinski definition) is 2. The smallest absolute Gasteiger partial charge is 0.222 e. The second-order valence-corrected chi connectivity index (χ2v) is 5.27. The van der Waals surface area contributed by atoms with E-state index in [2.05, 4.69) is 21.2 Å². The van der Waals surface area contributed by atoms with Gasteiger partial charge in [-0.1, -0.05) is 27.5 Å². The summed E-state index contributed by atoms with van der Waals surface area (Å²) in [4.78, 5) is 12.9. The summed E-state index contributed by atoms with van der Waals surface area (Å²) in [7, 11) is 3.53. The lowest BCUT2D eigenvalue weighted by molar-refractivity contribution is -0.128. The second kappa shape index (κ2) is 6.87. The summed E-state index contributed by atoms with van der Waals surface area (Å²) < 4.78 is 0.980. The quantitative estimate of drug-likeness (QED) is 0.844. The van der Waals surface area contributed by atoms with Gasteiger partial charge >= 0.3 is 0 Å². The van der Waals surface area contributed by atoms with E-state index < -0.39 is 0 Å². The number of halogens is 2. The van der Waals surface area contributed by atoms with Gasteiger partial charge in [-0.15, -0.1) is 0 Å². The van der Waals surface area contributed by atoms with Crippen LogP contribution in [0.2, 0.25) is 5.02 Å². The van der Waals surface area contributed by atoms with Crippen LogP contribution in [-0.4, -0.2) is 31.4 Å². The summed E-state index contributed by atoms with van der Waals surface area (Å²) in [5, 5.41) is 3.90. The van der Waals surface area contributed by atoms with Gasteiger partial charge in [-0.3, -0.25) is 4.79 Å². The van der Waals surface area contributed by atoms with E-state index >= 15 is 0 Å². The highest BCUT2D eigenvalue weighted by atomic mass is 79.9. The molecule has 17 heavy (non-hydrogen) atoms. The fraction of sp³-hybridized carbons (Fsp3) is 0.417. The van der Waals surface area contributed by atoms with Crippen molar-refractivity contribution in [3.05, 3.63) is 27.7 Å². The maximum Gasteiger partial charge on any atom is 0.222 e. The first-order valence-electron chi connectivity index (χ1n) is 5.40. The van der Waals surface area contributed by atoms with Crippen molar-refractivity contribution in [3.63, 3.8) is 0 Å². The Morgan fingerprint density at radius 1 is 1.47 bits per heavy atom. The zero-order valence-electron chi connectivity index (χ0n) is 9.96. The molecule has 0 saturated heterocycles. The van der Waals surface area contributed by atoms with E-state index in [1.807, 2.05) is 18.2 Å². The number of nitrogens with zero attached hydrogens (tertiary/aromatic N) is 1. The average molecular weight is 320 g/mol. The molecule has 94 valence electrons. The van der Waals surface area contributed by atoms with E-state index in [-0.39, 0.29) is 5.91 Å². The maximum absolute atomic E-state index is 11.3. The van der Waals surface area contributed by atoms with Crippen LogP contribution in [0.3, 0.4) is 0 Å². The van der Waals surface area contributed by atoms with Gasteiger partial charge in [0, 0.05) is 31.5 Å². The molecule has 0 aliphatic heterocycles. The molecule has 1 N–H and O–H groups in total. The molecule has 0 saturated carbocycles. The van der Waals surface area contributed by atoms with E-state index in [9.17, 15) is 4.79 Å². The molecular weight excluding hydrogens is 304 g/mol. The monoisotopic (exact) mass is 318 g/mol. The topological polar surface area (TPSA) is 32.3 Å². The molecular formula is C12H16BrClN2O. The van der Waals surface area contributed by atoms with Gasteiger partial charge in [-0.25, -0.2) is 0 Å². The minimum absolute atomic E-state index is 0.145. The van der Waals surface area contributed by atoms with E-state index in [1.165, 1.54) is 0 Å². The van der Waals surface area contributed by atoms with E-state index in [1.54, 1.807) is 19.0 Å². The summed E-state index contributed by atoms with van der Waals surface area (Å²) in [5.41, 5.74) is 0.887.